The van der Waals surface area contributed by atoms with Crippen LogP contribution < -0.4 is 0 Å². The van der Waals surface area contributed by atoms with Crippen molar-refractivity contribution in [1.29, 1.82) is 0 Å². The first-order valence-electron chi connectivity index (χ1n) is 5.60. The average Bonchev–Trinajstić information content (AvgIpc) is 2.21. The largest absolute Gasteiger partial charge is 0.391 e. The molecule has 0 fully saturated rings. The molecule has 0 unspecified atom stereocenters. The Kier molecular flexibility index (Phi) is 8.40. The zero-order valence-corrected chi connectivity index (χ0v) is 10.3. The van der Waals surface area contributed by atoms with Crippen LogP contribution in [-0.2, 0) is 4.74 Å². The van der Waals surface area contributed by atoms with Crippen LogP contribution in [0.2, 0.25) is 0 Å². The zero-order valence-electron chi connectivity index (χ0n) is 10.3. The van der Waals surface area contributed by atoms with E-state index in [9.17, 15) is 0 Å². The van der Waals surface area contributed by atoms with Crippen LogP contribution in [0, 0.1) is 11.8 Å². The summed E-state index contributed by atoms with van der Waals surface area (Å²) in [6.45, 7) is 11.0. The second-order valence-corrected chi connectivity index (χ2v) is 3.61. The molecular formula is C12H23NO2. The highest BCUT2D eigenvalue weighted by atomic mass is 16.5. The number of nitrogens with zero attached hydrogens (tertiary/aromatic N) is 1. The van der Waals surface area contributed by atoms with Gasteiger partial charge in [0.05, 0.1) is 19.3 Å². The smallest absolute Gasteiger partial charge is 0.115 e. The fourth-order valence-corrected chi connectivity index (χ4v) is 1.07. The Morgan fingerprint density at radius 1 is 1.27 bits per heavy atom. The molecule has 2 atom stereocenters. The van der Waals surface area contributed by atoms with Crippen LogP contribution in [0.3, 0.4) is 0 Å². The van der Waals surface area contributed by atoms with Crippen molar-refractivity contribution in [3.05, 3.63) is 0 Å². The summed E-state index contributed by atoms with van der Waals surface area (Å²) in [6, 6.07) is 0. The topological polar surface area (TPSA) is 32.7 Å². The van der Waals surface area contributed by atoms with Crippen LogP contribution in [-0.4, -0.2) is 48.5 Å². The van der Waals surface area contributed by atoms with Gasteiger partial charge in [-0.1, -0.05) is 25.7 Å². The lowest BCUT2D eigenvalue weighted by molar-refractivity contribution is 0.0281. The van der Waals surface area contributed by atoms with E-state index in [4.69, 9.17) is 9.84 Å². The fourth-order valence-electron chi connectivity index (χ4n) is 1.07. The predicted molar refractivity (Wildman–Crippen MR) is 62.7 cm³/mol. The summed E-state index contributed by atoms with van der Waals surface area (Å²) in [4.78, 5) is 2.24. The molecule has 0 saturated carbocycles. The van der Waals surface area contributed by atoms with Gasteiger partial charge in [0.1, 0.15) is 6.10 Å². The standard InChI is InChI=1S/C12H23NO2/c1-5-13(6-2)9-7-8-12(4)15-10-11(3)14/h11-12,14H,5-6,9-10H2,1-4H3/t11-,12-/m1/s1. The number of rotatable bonds is 6. The molecule has 88 valence electrons. The predicted octanol–water partition coefficient (Wildman–Crippen LogP) is 1.12. The quantitative estimate of drug-likeness (QED) is 0.671. The van der Waals surface area contributed by atoms with E-state index in [2.05, 4.69) is 30.6 Å². The van der Waals surface area contributed by atoms with Crippen molar-refractivity contribution >= 4 is 0 Å². The van der Waals surface area contributed by atoms with Gasteiger partial charge in [0, 0.05) is 0 Å². The SMILES string of the molecule is CCN(CC)CC#C[C@@H](C)OC[C@@H](C)O. The van der Waals surface area contributed by atoms with Gasteiger partial charge < -0.3 is 9.84 Å². The molecule has 3 heteroatoms. The van der Waals surface area contributed by atoms with E-state index in [1.807, 2.05) is 6.92 Å². The van der Waals surface area contributed by atoms with Crippen molar-refractivity contribution in [3.63, 3.8) is 0 Å². The third-order valence-electron chi connectivity index (χ3n) is 2.09. The van der Waals surface area contributed by atoms with Gasteiger partial charge in [0.2, 0.25) is 0 Å². The first-order chi connectivity index (χ1) is 7.10. The molecule has 0 saturated heterocycles. The third-order valence-corrected chi connectivity index (χ3v) is 2.09. The Morgan fingerprint density at radius 2 is 1.87 bits per heavy atom. The van der Waals surface area contributed by atoms with Gasteiger partial charge in [-0.05, 0) is 26.9 Å². The van der Waals surface area contributed by atoms with E-state index >= 15 is 0 Å². The molecule has 0 rings (SSSR count). The summed E-state index contributed by atoms with van der Waals surface area (Å²) in [7, 11) is 0. The molecule has 0 aromatic rings. The van der Waals surface area contributed by atoms with E-state index < -0.39 is 6.10 Å². The highest BCUT2D eigenvalue weighted by molar-refractivity contribution is 5.05. The maximum absolute atomic E-state index is 9.01. The van der Waals surface area contributed by atoms with Crippen molar-refractivity contribution in [2.75, 3.05) is 26.2 Å². The number of hydrogen-bond acceptors (Lipinski definition) is 3. The molecule has 0 aliphatic heterocycles. The zero-order chi connectivity index (χ0) is 11.7. The van der Waals surface area contributed by atoms with Crippen molar-refractivity contribution in [2.24, 2.45) is 0 Å². The minimum Gasteiger partial charge on any atom is -0.391 e. The summed E-state index contributed by atoms with van der Waals surface area (Å²) >= 11 is 0. The molecule has 1 N–H and O–H groups in total. The molecule has 0 amide bonds. The highest BCUT2D eigenvalue weighted by Gasteiger charge is 2.00. The summed E-state index contributed by atoms with van der Waals surface area (Å²) in [6.07, 6.45) is -0.521. The number of aliphatic hydroxyl groups is 1. The van der Waals surface area contributed by atoms with Crippen molar-refractivity contribution in [2.45, 2.75) is 39.9 Å². The third kappa shape index (κ3) is 8.44. The van der Waals surface area contributed by atoms with E-state index in [0.717, 1.165) is 19.6 Å². The van der Waals surface area contributed by atoms with E-state index in [1.54, 1.807) is 6.92 Å². The maximum atomic E-state index is 9.01. The van der Waals surface area contributed by atoms with E-state index in [1.165, 1.54) is 0 Å². The van der Waals surface area contributed by atoms with Crippen molar-refractivity contribution in [1.82, 2.24) is 4.90 Å². The summed E-state index contributed by atoms with van der Waals surface area (Å²) < 4.78 is 5.31. The monoisotopic (exact) mass is 213 g/mol. The summed E-state index contributed by atoms with van der Waals surface area (Å²) in [5.41, 5.74) is 0. The number of ether oxygens (including phenoxy) is 1. The minimum atomic E-state index is -0.419. The number of hydrogen-bond donors (Lipinski definition) is 1. The second-order valence-electron chi connectivity index (χ2n) is 3.61. The molecule has 0 bridgehead atoms. The first kappa shape index (κ1) is 14.4. The van der Waals surface area contributed by atoms with Gasteiger partial charge in [-0.3, -0.25) is 4.90 Å². The summed E-state index contributed by atoms with van der Waals surface area (Å²) in [5.74, 6) is 6.09. The van der Waals surface area contributed by atoms with Crippen LogP contribution in [0.25, 0.3) is 0 Å². The van der Waals surface area contributed by atoms with Gasteiger partial charge in [-0.15, -0.1) is 0 Å². The Bertz CT molecular complexity index is 201. The van der Waals surface area contributed by atoms with Gasteiger partial charge in [-0.25, -0.2) is 0 Å². The molecule has 0 aromatic carbocycles. The normalized spacial score (nSPS) is 14.5. The Hall–Kier alpha value is -0.560. The summed E-state index contributed by atoms with van der Waals surface area (Å²) in [5, 5.41) is 9.01. The molecule has 0 heterocycles. The van der Waals surface area contributed by atoms with E-state index in [-0.39, 0.29) is 6.10 Å². The minimum absolute atomic E-state index is 0.102. The van der Waals surface area contributed by atoms with Crippen LogP contribution in [0.15, 0.2) is 0 Å². The molecular weight excluding hydrogens is 190 g/mol. The van der Waals surface area contributed by atoms with Gasteiger partial charge in [-0.2, -0.15) is 0 Å². The first-order valence-corrected chi connectivity index (χ1v) is 5.60. The van der Waals surface area contributed by atoms with Gasteiger partial charge in [0.15, 0.2) is 0 Å². The van der Waals surface area contributed by atoms with Crippen molar-refractivity contribution < 1.29 is 9.84 Å². The Balaban J connectivity index is 3.74. The fraction of sp³-hybridized carbons (Fsp3) is 0.833. The molecule has 0 aromatic heterocycles. The van der Waals surface area contributed by atoms with E-state index in [0.29, 0.717) is 6.61 Å². The van der Waals surface area contributed by atoms with Crippen LogP contribution in [0.5, 0.6) is 0 Å². The lowest BCUT2D eigenvalue weighted by Crippen LogP contribution is -2.23. The highest BCUT2D eigenvalue weighted by Crippen LogP contribution is 1.91. The average molecular weight is 213 g/mol. The molecule has 0 radical (unpaired) electrons. The number of aliphatic hydroxyl groups excluding tert-OH is 1. The molecule has 3 nitrogen and oxygen atoms in total. The lowest BCUT2D eigenvalue weighted by atomic mass is 10.3. The Labute approximate surface area is 93.4 Å². The molecule has 0 aliphatic rings. The van der Waals surface area contributed by atoms with Crippen LogP contribution in [0.1, 0.15) is 27.7 Å². The Morgan fingerprint density at radius 3 is 2.33 bits per heavy atom. The van der Waals surface area contributed by atoms with Crippen LogP contribution >= 0.6 is 0 Å². The maximum Gasteiger partial charge on any atom is 0.115 e. The molecule has 15 heavy (non-hydrogen) atoms. The van der Waals surface area contributed by atoms with Crippen LogP contribution in [0.4, 0.5) is 0 Å². The lowest BCUT2D eigenvalue weighted by Gasteiger charge is -2.13. The molecule has 0 spiro atoms. The van der Waals surface area contributed by atoms with Crippen molar-refractivity contribution in [3.8, 4) is 11.8 Å². The second kappa shape index (κ2) is 8.72. The van der Waals surface area contributed by atoms with Gasteiger partial charge >= 0.3 is 0 Å². The van der Waals surface area contributed by atoms with Gasteiger partial charge in [0.25, 0.3) is 0 Å². The molecule has 0 aliphatic carbocycles.